The first-order chi connectivity index (χ1) is 8.06. The van der Waals surface area contributed by atoms with Crippen LogP contribution in [0, 0.1) is 13.8 Å². The van der Waals surface area contributed by atoms with Crippen LogP contribution in [0.3, 0.4) is 0 Å². The van der Waals surface area contributed by atoms with Gasteiger partial charge in [-0.05, 0) is 37.6 Å². The van der Waals surface area contributed by atoms with Gasteiger partial charge in [-0.25, -0.2) is 0 Å². The zero-order valence-electron chi connectivity index (χ0n) is 10.4. The molecule has 0 aliphatic rings. The quantitative estimate of drug-likeness (QED) is 0.825. The van der Waals surface area contributed by atoms with Crippen LogP contribution in [-0.2, 0) is 6.54 Å². The molecular weight excluding hydrogens is 214 g/mol. The first-order valence-electron chi connectivity index (χ1n) is 5.55. The van der Waals surface area contributed by atoms with E-state index in [9.17, 15) is 0 Å². The van der Waals surface area contributed by atoms with Crippen molar-refractivity contribution in [2.24, 2.45) is 0 Å². The number of nitrogens with zero attached hydrogens (tertiary/aromatic N) is 2. The van der Waals surface area contributed by atoms with Gasteiger partial charge in [-0.15, -0.1) is 0 Å². The molecule has 0 aliphatic heterocycles. The molecule has 2 rings (SSSR count). The van der Waals surface area contributed by atoms with Crippen LogP contribution in [0.15, 0.2) is 28.8 Å². The molecule has 1 aromatic carbocycles. The fourth-order valence-electron chi connectivity index (χ4n) is 1.93. The molecule has 0 saturated carbocycles. The first-order valence-corrected chi connectivity index (χ1v) is 5.55. The summed E-state index contributed by atoms with van der Waals surface area (Å²) in [5.74, 6) is 0.836. The molecule has 17 heavy (non-hydrogen) atoms. The van der Waals surface area contributed by atoms with Gasteiger partial charge in [0.2, 0.25) is 0 Å². The highest BCUT2D eigenvalue weighted by molar-refractivity contribution is 5.58. The van der Waals surface area contributed by atoms with Crippen LogP contribution >= 0.6 is 0 Å². The number of rotatable bonds is 3. The van der Waals surface area contributed by atoms with Gasteiger partial charge in [0, 0.05) is 24.5 Å². The molecule has 4 nitrogen and oxygen atoms in total. The van der Waals surface area contributed by atoms with E-state index in [4.69, 9.17) is 10.3 Å². The number of nitrogen functional groups attached to an aromatic ring is 1. The normalized spacial score (nSPS) is 10.5. The predicted octanol–water partition coefficient (Wildman–Crippen LogP) is 2.51. The minimum absolute atomic E-state index is 0.724. The van der Waals surface area contributed by atoms with Gasteiger partial charge in [-0.1, -0.05) is 5.16 Å². The monoisotopic (exact) mass is 231 g/mol. The summed E-state index contributed by atoms with van der Waals surface area (Å²) >= 11 is 0. The molecule has 0 atom stereocenters. The fraction of sp³-hybridized carbons (Fsp3) is 0.308. The number of nitrogens with two attached hydrogens (primary N) is 1. The summed E-state index contributed by atoms with van der Waals surface area (Å²) in [5, 5.41) is 3.99. The average Bonchev–Trinajstić information content (AvgIpc) is 2.63. The maximum absolute atomic E-state index is 5.74. The Morgan fingerprint density at radius 1 is 1.29 bits per heavy atom. The van der Waals surface area contributed by atoms with E-state index in [0.717, 1.165) is 34.9 Å². The van der Waals surface area contributed by atoms with Crippen molar-refractivity contribution in [3.63, 3.8) is 0 Å². The smallest absolute Gasteiger partial charge is 0.133 e. The van der Waals surface area contributed by atoms with Crippen LogP contribution in [0.1, 0.15) is 17.0 Å². The number of hydrogen-bond donors (Lipinski definition) is 1. The minimum atomic E-state index is 0.724. The Bertz CT molecular complexity index is 519. The molecule has 0 fully saturated rings. The molecule has 0 unspecified atom stereocenters. The summed E-state index contributed by atoms with van der Waals surface area (Å²) in [6, 6.07) is 7.85. The van der Waals surface area contributed by atoms with Crippen molar-refractivity contribution in [1.82, 2.24) is 5.16 Å². The van der Waals surface area contributed by atoms with Crippen molar-refractivity contribution in [3.8, 4) is 0 Å². The van der Waals surface area contributed by atoms with E-state index in [0.29, 0.717) is 0 Å². The Hall–Kier alpha value is -1.97. The van der Waals surface area contributed by atoms with Crippen molar-refractivity contribution in [2.75, 3.05) is 17.7 Å². The Kier molecular flexibility index (Phi) is 3.04. The summed E-state index contributed by atoms with van der Waals surface area (Å²) in [7, 11) is 2.03. The number of aromatic nitrogens is 1. The van der Waals surface area contributed by atoms with Crippen LogP contribution in [-0.4, -0.2) is 12.2 Å². The number of benzene rings is 1. The molecule has 0 spiro atoms. The van der Waals surface area contributed by atoms with Crippen LogP contribution in [0.4, 0.5) is 11.4 Å². The van der Waals surface area contributed by atoms with E-state index in [2.05, 4.69) is 17.0 Å². The molecule has 2 aromatic rings. The van der Waals surface area contributed by atoms with Gasteiger partial charge in [0.15, 0.2) is 0 Å². The highest BCUT2D eigenvalue weighted by Gasteiger charge is 2.08. The second-order valence-corrected chi connectivity index (χ2v) is 4.33. The molecule has 90 valence electrons. The molecule has 0 radical (unpaired) electrons. The molecule has 0 bridgehead atoms. The zero-order valence-corrected chi connectivity index (χ0v) is 10.4. The maximum atomic E-state index is 5.74. The summed E-state index contributed by atoms with van der Waals surface area (Å²) in [5.41, 5.74) is 9.77. The van der Waals surface area contributed by atoms with Crippen LogP contribution < -0.4 is 10.6 Å². The summed E-state index contributed by atoms with van der Waals surface area (Å²) in [6.07, 6.45) is 0. The second kappa shape index (κ2) is 4.49. The van der Waals surface area contributed by atoms with Gasteiger partial charge in [-0.2, -0.15) is 0 Å². The minimum Gasteiger partial charge on any atom is -0.399 e. The van der Waals surface area contributed by atoms with Crippen molar-refractivity contribution < 1.29 is 4.52 Å². The summed E-state index contributed by atoms with van der Waals surface area (Å²) < 4.78 is 5.05. The number of hydrogen-bond acceptors (Lipinski definition) is 4. The Balaban J connectivity index is 2.17. The fourth-order valence-corrected chi connectivity index (χ4v) is 1.93. The molecule has 1 aromatic heterocycles. The lowest BCUT2D eigenvalue weighted by molar-refractivity contribution is 0.390. The largest absolute Gasteiger partial charge is 0.399 e. The van der Waals surface area contributed by atoms with Gasteiger partial charge in [-0.3, -0.25) is 0 Å². The lowest BCUT2D eigenvalue weighted by Gasteiger charge is -2.20. The van der Waals surface area contributed by atoms with E-state index in [1.165, 1.54) is 0 Å². The standard InChI is InChI=1S/C13H17N3O/c1-9-6-11(14)4-5-13(9)16(3)8-12-7-10(2)17-15-12/h4-7H,8,14H2,1-3H3. The number of aryl methyl sites for hydroxylation is 2. The lowest BCUT2D eigenvalue weighted by Crippen LogP contribution is -2.17. The van der Waals surface area contributed by atoms with Crippen LogP contribution in [0.2, 0.25) is 0 Å². The third-order valence-corrected chi connectivity index (χ3v) is 2.71. The van der Waals surface area contributed by atoms with Gasteiger partial charge < -0.3 is 15.2 Å². The molecule has 4 heteroatoms. The zero-order chi connectivity index (χ0) is 12.4. The SMILES string of the molecule is Cc1cc(CN(C)c2ccc(N)cc2C)no1. The van der Waals surface area contributed by atoms with Crippen molar-refractivity contribution >= 4 is 11.4 Å². The average molecular weight is 231 g/mol. The lowest BCUT2D eigenvalue weighted by atomic mass is 10.1. The molecular formula is C13H17N3O. The van der Waals surface area contributed by atoms with Gasteiger partial charge >= 0.3 is 0 Å². The first kappa shape index (κ1) is 11.5. The van der Waals surface area contributed by atoms with Gasteiger partial charge in [0.25, 0.3) is 0 Å². The second-order valence-electron chi connectivity index (χ2n) is 4.33. The highest BCUT2D eigenvalue weighted by Crippen LogP contribution is 2.22. The van der Waals surface area contributed by atoms with Gasteiger partial charge in [0.1, 0.15) is 11.5 Å². The Morgan fingerprint density at radius 2 is 2.06 bits per heavy atom. The molecule has 1 heterocycles. The Labute approximate surface area is 101 Å². The predicted molar refractivity (Wildman–Crippen MR) is 68.9 cm³/mol. The van der Waals surface area contributed by atoms with Crippen LogP contribution in [0.5, 0.6) is 0 Å². The van der Waals surface area contributed by atoms with Crippen molar-refractivity contribution in [3.05, 3.63) is 41.3 Å². The third-order valence-electron chi connectivity index (χ3n) is 2.71. The summed E-state index contributed by atoms with van der Waals surface area (Å²) in [6.45, 7) is 4.67. The molecule has 0 aliphatic carbocycles. The van der Waals surface area contributed by atoms with E-state index in [1.54, 1.807) is 0 Å². The molecule has 0 saturated heterocycles. The maximum Gasteiger partial charge on any atom is 0.133 e. The molecule has 0 amide bonds. The van der Waals surface area contributed by atoms with E-state index in [-0.39, 0.29) is 0 Å². The third kappa shape index (κ3) is 2.58. The van der Waals surface area contributed by atoms with Gasteiger partial charge in [0.05, 0.1) is 6.54 Å². The number of anilines is 2. The van der Waals surface area contributed by atoms with E-state index >= 15 is 0 Å². The van der Waals surface area contributed by atoms with E-state index < -0.39 is 0 Å². The highest BCUT2D eigenvalue weighted by atomic mass is 16.5. The molecule has 2 N–H and O–H groups in total. The van der Waals surface area contributed by atoms with Crippen LogP contribution in [0.25, 0.3) is 0 Å². The van der Waals surface area contributed by atoms with Crippen molar-refractivity contribution in [2.45, 2.75) is 20.4 Å². The van der Waals surface area contributed by atoms with E-state index in [1.807, 2.05) is 38.2 Å². The Morgan fingerprint density at radius 3 is 2.65 bits per heavy atom. The van der Waals surface area contributed by atoms with Crippen molar-refractivity contribution in [1.29, 1.82) is 0 Å². The summed E-state index contributed by atoms with van der Waals surface area (Å²) in [4.78, 5) is 2.13. The topological polar surface area (TPSA) is 55.3 Å².